The summed E-state index contributed by atoms with van der Waals surface area (Å²) in [4.78, 5) is 2.15. The molecule has 5 nitrogen and oxygen atoms in total. The molecule has 0 aliphatic heterocycles. The molecule has 5 heteroatoms. The molecule has 0 bridgehead atoms. The quantitative estimate of drug-likeness (QED) is 0.817. The van der Waals surface area contributed by atoms with Gasteiger partial charge in [0.1, 0.15) is 5.82 Å². The van der Waals surface area contributed by atoms with Crippen molar-refractivity contribution in [3.8, 4) is 5.69 Å². The Balaban J connectivity index is 2.50. The Labute approximate surface area is 125 Å². The molecule has 2 aromatic rings. The van der Waals surface area contributed by atoms with E-state index in [9.17, 15) is 5.11 Å². The topological polar surface area (TPSA) is 61.5 Å². The maximum absolute atomic E-state index is 9.70. The van der Waals surface area contributed by atoms with E-state index in [4.69, 9.17) is 5.11 Å². The molecule has 0 aliphatic rings. The summed E-state index contributed by atoms with van der Waals surface area (Å²) in [7, 11) is 0. The molecule has 0 saturated carbocycles. The van der Waals surface area contributed by atoms with E-state index in [-0.39, 0.29) is 13.2 Å². The van der Waals surface area contributed by atoms with Crippen LogP contribution in [0.3, 0.4) is 0 Å². The van der Waals surface area contributed by atoms with Crippen molar-refractivity contribution in [2.24, 2.45) is 0 Å². The molecule has 0 amide bonds. The Morgan fingerprint density at radius 1 is 1.19 bits per heavy atom. The lowest BCUT2D eigenvalue weighted by Gasteiger charge is -2.25. The van der Waals surface area contributed by atoms with E-state index in [2.05, 4.69) is 16.9 Å². The van der Waals surface area contributed by atoms with Crippen LogP contribution >= 0.6 is 0 Å². The Kier molecular flexibility index (Phi) is 5.36. The SMILES string of the molecule is CCN(CCCO)c1c(CO)c(C)nn1-c1ccccc1. The maximum atomic E-state index is 9.70. The van der Waals surface area contributed by atoms with Crippen molar-refractivity contribution < 1.29 is 10.2 Å². The first-order valence-corrected chi connectivity index (χ1v) is 7.33. The van der Waals surface area contributed by atoms with Gasteiger partial charge in [0.2, 0.25) is 0 Å². The third kappa shape index (κ3) is 3.25. The van der Waals surface area contributed by atoms with Crippen LogP contribution in [0, 0.1) is 6.92 Å². The van der Waals surface area contributed by atoms with Crippen LogP contribution in [0.1, 0.15) is 24.6 Å². The number of benzene rings is 1. The predicted octanol–water partition coefficient (Wildman–Crippen LogP) is 1.88. The molecular formula is C16H23N3O2. The van der Waals surface area contributed by atoms with Gasteiger partial charge in [-0.05, 0) is 32.4 Å². The van der Waals surface area contributed by atoms with Gasteiger partial charge in [0.05, 0.1) is 18.0 Å². The Morgan fingerprint density at radius 2 is 1.90 bits per heavy atom. The summed E-state index contributed by atoms with van der Waals surface area (Å²) < 4.78 is 1.88. The van der Waals surface area contributed by atoms with E-state index in [1.54, 1.807) is 0 Å². The zero-order valence-electron chi connectivity index (χ0n) is 12.7. The van der Waals surface area contributed by atoms with E-state index >= 15 is 0 Å². The molecule has 0 fully saturated rings. The maximum Gasteiger partial charge on any atom is 0.138 e. The highest BCUT2D eigenvalue weighted by Gasteiger charge is 2.20. The summed E-state index contributed by atoms with van der Waals surface area (Å²) in [6, 6.07) is 9.90. The highest BCUT2D eigenvalue weighted by molar-refractivity contribution is 5.55. The number of aryl methyl sites for hydroxylation is 1. The number of para-hydroxylation sites is 1. The van der Waals surface area contributed by atoms with Crippen molar-refractivity contribution >= 4 is 5.82 Å². The van der Waals surface area contributed by atoms with Gasteiger partial charge in [-0.2, -0.15) is 5.10 Å². The fourth-order valence-corrected chi connectivity index (χ4v) is 2.48. The van der Waals surface area contributed by atoms with E-state index in [0.717, 1.165) is 35.9 Å². The molecule has 0 radical (unpaired) electrons. The highest BCUT2D eigenvalue weighted by atomic mass is 16.3. The average molecular weight is 289 g/mol. The third-order valence-corrected chi connectivity index (χ3v) is 3.58. The van der Waals surface area contributed by atoms with E-state index in [0.29, 0.717) is 6.42 Å². The van der Waals surface area contributed by atoms with Crippen molar-refractivity contribution in [2.75, 3.05) is 24.6 Å². The van der Waals surface area contributed by atoms with Gasteiger partial charge in [-0.15, -0.1) is 0 Å². The van der Waals surface area contributed by atoms with Crippen LogP contribution in [0.15, 0.2) is 30.3 Å². The largest absolute Gasteiger partial charge is 0.396 e. The number of aliphatic hydroxyl groups is 2. The summed E-state index contributed by atoms with van der Waals surface area (Å²) in [5, 5.41) is 23.4. The van der Waals surface area contributed by atoms with Crippen LogP contribution in [0.4, 0.5) is 5.82 Å². The highest BCUT2D eigenvalue weighted by Crippen LogP contribution is 2.27. The smallest absolute Gasteiger partial charge is 0.138 e. The van der Waals surface area contributed by atoms with Crippen LogP contribution in [0.2, 0.25) is 0 Å². The molecule has 0 aliphatic carbocycles. The van der Waals surface area contributed by atoms with Crippen LogP contribution in [-0.2, 0) is 6.61 Å². The number of aromatic nitrogens is 2. The molecule has 0 spiro atoms. The minimum absolute atomic E-state index is 0.0381. The second-order valence-electron chi connectivity index (χ2n) is 4.95. The van der Waals surface area contributed by atoms with Gasteiger partial charge >= 0.3 is 0 Å². The number of aliphatic hydroxyl groups excluding tert-OH is 2. The fraction of sp³-hybridized carbons (Fsp3) is 0.438. The van der Waals surface area contributed by atoms with Crippen LogP contribution in [0.5, 0.6) is 0 Å². The second kappa shape index (κ2) is 7.24. The number of hydrogen-bond acceptors (Lipinski definition) is 4. The summed E-state index contributed by atoms with van der Waals surface area (Å²) in [5.41, 5.74) is 2.65. The first kappa shape index (κ1) is 15.5. The van der Waals surface area contributed by atoms with Crippen LogP contribution < -0.4 is 4.90 Å². The first-order chi connectivity index (χ1) is 10.2. The summed E-state index contributed by atoms with van der Waals surface area (Å²) in [5.74, 6) is 0.914. The van der Waals surface area contributed by atoms with Crippen molar-refractivity contribution in [3.63, 3.8) is 0 Å². The van der Waals surface area contributed by atoms with Gasteiger partial charge in [0.25, 0.3) is 0 Å². The summed E-state index contributed by atoms with van der Waals surface area (Å²) in [6.45, 7) is 5.63. The molecule has 21 heavy (non-hydrogen) atoms. The zero-order valence-corrected chi connectivity index (χ0v) is 12.7. The van der Waals surface area contributed by atoms with Crippen LogP contribution in [-0.4, -0.2) is 39.7 Å². The van der Waals surface area contributed by atoms with Gasteiger partial charge in [-0.25, -0.2) is 4.68 Å². The number of anilines is 1. The molecule has 0 unspecified atom stereocenters. The standard InChI is InChI=1S/C16H23N3O2/c1-3-18(10-7-11-20)16-15(12-21)13(2)17-19(16)14-8-5-4-6-9-14/h4-6,8-9,20-21H,3,7,10-12H2,1-2H3. The van der Waals surface area contributed by atoms with Gasteiger partial charge in [0.15, 0.2) is 0 Å². The second-order valence-corrected chi connectivity index (χ2v) is 4.95. The molecule has 0 saturated heterocycles. The predicted molar refractivity (Wildman–Crippen MR) is 83.8 cm³/mol. The fourth-order valence-electron chi connectivity index (χ4n) is 2.48. The Hall–Kier alpha value is -1.85. The lowest BCUT2D eigenvalue weighted by Crippen LogP contribution is -2.28. The normalized spacial score (nSPS) is 10.9. The Morgan fingerprint density at radius 3 is 2.48 bits per heavy atom. The number of nitrogens with zero attached hydrogens (tertiary/aromatic N) is 3. The molecule has 1 heterocycles. The number of hydrogen-bond donors (Lipinski definition) is 2. The minimum Gasteiger partial charge on any atom is -0.396 e. The average Bonchev–Trinajstić information content (AvgIpc) is 2.86. The van der Waals surface area contributed by atoms with Gasteiger partial charge < -0.3 is 15.1 Å². The molecular weight excluding hydrogens is 266 g/mol. The summed E-state index contributed by atoms with van der Waals surface area (Å²) in [6.07, 6.45) is 0.692. The minimum atomic E-state index is -0.0381. The van der Waals surface area contributed by atoms with Gasteiger partial charge in [-0.1, -0.05) is 18.2 Å². The molecule has 1 aromatic heterocycles. The molecule has 2 N–H and O–H groups in total. The Bertz CT molecular complexity index is 566. The molecule has 1 aromatic carbocycles. The van der Waals surface area contributed by atoms with Crippen molar-refractivity contribution in [2.45, 2.75) is 26.9 Å². The van der Waals surface area contributed by atoms with Crippen molar-refractivity contribution in [1.29, 1.82) is 0 Å². The molecule has 2 rings (SSSR count). The monoisotopic (exact) mass is 289 g/mol. The van der Waals surface area contributed by atoms with Crippen molar-refractivity contribution in [1.82, 2.24) is 9.78 Å². The number of rotatable bonds is 7. The van der Waals surface area contributed by atoms with E-state index in [1.165, 1.54) is 0 Å². The van der Waals surface area contributed by atoms with E-state index < -0.39 is 0 Å². The molecule has 114 valence electrons. The third-order valence-electron chi connectivity index (χ3n) is 3.58. The zero-order chi connectivity index (χ0) is 15.2. The molecule has 0 atom stereocenters. The van der Waals surface area contributed by atoms with Crippen LogP contribution in [0.25, 0.3) is 5.69 Å². The van der Waals surface area contributed by atoms with E-state index in [1.807, 2.05) is 41.9 Å². The van der Waals surface area contributed by atoms with Crippen molar-refractivity contribution in [3.05, 3.63) is 41.6 Å². The lowest BCUT2D eigenvalue weighted by atomic mass is 10.2. The van der Waals surface area contributed by atoms with Gasteiger partial charge in [-0.3, -0.25) is 0 Å². The van der Waals surface area contributed by atoms with Gasteiger partial charge in [0, 0.05) is 25.3 Å². The lowest BCUT2D eigenvalue weighted by molar-refractivity contribution is 0.280. The summed E-state index contributed by atoms with van der Waals surface area (Å²) >= 11 is 0. The first-order valence-electron chi connectivity index (χ1n) is 7.33.